The molecule has 2 bridgehead atoms. The zero-order valence-electron chi connectivity index (χ0n) is 13.3. The van der Waals surface area contributed by atoms with Gasteiger partial charge in [-0.25, -0.2) is 4.39 Å². The molecule has 0 aromatic heterocycles. The second-order valence-electron chi connectivity index (χ2n) is 6.75. The largest absolute Gasteiger partial charge is 0.341 e. The number of carbonyl (C=O) groups is 2. The van der Waals surface area contributed by atoms with E-state index < -0.39 is 11.7 Å². The summed E-state index contributed by atoms with van der Waals surface area (Å²) in [4.78, 5) is 26.8. The maximum atomic E-state index is 13.4. The summed E-state index contributed by atoms with van der Waals surface area (Å²) in [6.07, 6.45) is 3.37. The van der Waals surface area contributed by atoms with Crippen molar-refractivity contribution in [2.45, 2.75) is 43.7 Å². The molecule has 0 radical (unpaired) electrons. The van der Waals surface area contributed by atoms with Crippen LogP contribution in [-0.2, 0) is 9.59 Å². The molecule has 1 aromatic carbocycles. The van der Waals surface area contributed by atoms with Gasteiger partial charge in [-0.15, -0.1) is 12.4 Å². The summed E-state index contributed by atoms with van der Waals surface area (Å²) in [6, 6.07) is 5.13. The molecule has 3 heterocycles. The Labute approximate surface area is 146 Å². The van der Waals surface area contributed by atoms with Crippen LogP contribution in [0, 0.1) is 5.82 Å². The quantitative estimate of drug-likeness (QED) is 0.812. The summed E-state index contributed by atoms with van der Waals surface area (Å²) in [7, 11) is 0. The molecule has 3 aliphatic heterocycles. The predicted octanol–water partition coefficient (Wildman–Crippen LogP) is 2.03. The molecule has 2 N–H and O–H groups in total. The number of anilines is 1. The van der Waals surface area contributed by atoms with Crippen molar-refractivity contribution in [3.05, 3.63) is 29.6 Å². The van der Waals surface area contributed by atoms with E-state index in [0.717, 1.165) is 24.9 Å². The Hall–Kier alpha value is -1.66. The minimum atomic E-state index is -0.504. The van der Waals surface area contributed by atoms with Gasteiger partial charge in [0.15, 0.2) is 0 Å². The van der Waals surface area contributed by atoms with E-state index in [4.69, 9.17) is 0 Å². The lowest BCUT2D eigenvalue weighted by Crippen LogP contribution is -2.43. The number of benzene rings is 1. The topological polar surface area (TPSA) is 61.4 Å². The van der Waals surface area contributed by atoms with Crippen LogP contribution >= 0.6 is 12.4 Å². The minimum absolute atomic E-state index is 0. The molecule has 0 aliphatic carbocycles. The number of nitrogens with one attached hydrogen (secondary N) is 2. The summed E-state index contributed by atoms with van der Waals surface area (Å²) in [6.45, 7) is 1.42. The van der Waals surface area contributed by atoms with Crippen LogP contribution < -0.4 is 10.6 Å². The van der Waals surface area contributed by atoms with Gasteiger partial charge in [0, 0.05) is 37.3 Å². The molecule has 24 heavy (non-hydrogen) atoms. The van der Waals surface area contributed by atoms with Gasteiger partial charge in [0.05, 0.1) is 5.92 Å². The van der Waals surface area contributed by atoms with Crippen LogP contribution in [0.2, 0.25) is 0 Å². The molecule has 2 fully saturated rings. The number of carbonyl (C=O) groups excluding carboxylic acids is 2. The average Bonchev–Trinajstić information content (AvgIpc) is 2.84. The lowest BCUT2D eigenvalue weighted by molar-refractivity contribution is -0.135. The van der Waals surface area contributed by atoms with Crippen molar-refractivity contribution in [3.8, 4) is 0 Å². The zero-order valence-corrected chi connectivity index (χ0v) is 14.1. The minimum Gasteiger partial charge on any atom is -0.341 e. The summed E-state index contributed by atoms with van der Waals surface area (Å²) in [5, 5.41) is 6.22. The fourth-order valence-electron chi connectivity index (χ4n) is 4.02. The van der Waals surface area contributed by atoms with E-state index in [-0.39, 0.29) is 30.6 Å². The van der Waals surface area contributed by atoms with E-state index in [2.05, 4.69) is 10.6 Å². The van der Waals surface area contributed by atoms with Crippen molar-refractivity contribution in [1.29, 1.82) is 0 Å². The van der Waals surface area contributed by atoms with Crippen molar-refractivity contribution in [2.24, 2.45) is 0 Å². The van der Waals surface area contributed by atoms with Crippen LogP contribution in [0.5, 0.6) is 0 Å². The van der Waals surface area contributed by atoms with Gasteiger partial charge in [-0.05, 0) is 37.0 Å². The van der Waals surface area contributed by atoms with Gasteiger partial charge in [-0.1, -0.05) is 6.07 Å². The lowest BCUT2D eigenvalue weighted by Gasteiger charge is -2.31. The SMILES string of the molecule is Cl.O=C1CC(C(=O)N2CCC3CCC(C2)N3)c2ccc(F)cc2N1. The standard InChI is InChI=1S/C17H20FN3O2.ClH/c18-10-1-4-13-14(8-16(22)20-15(13)7-10)17(23)21-6-5-11-2-3-12(9-21)19-11;/h1,4,7,11-12,14,19H,2-3,5-6,8-9H2,(H,20,22);1H. The average molecular weight is 354 g/mol. The highest BCUT2D eigenvalue weighted by molar-refractivity contribution is 6.01. The molecule has 3 aliphatic rings. The number of likely N-dealkylation sites (tertiary alicyclic amines) is 1. The van der Waals surface area contributed by atoms with Crippen LogP contribution in [0.25, 0.3) is 0 Å². The third-order valence-corrected chi connectivity index (χ3v) is 5.19. The van der Waals surface area contributed by atoms with Gasteiger partial charge in [0.25, 0.3) is 0 Å². The predicted molar refractivity (Wildman–Crippen MR) is 90.8 cm³/mol. The Morgan fingerprint density at radius 1 is 1.21 bits per heavy atom. The van der Waals surface area contributed by atoms with E-state index >= 15 is 0 Å². The molecule has 2 amide bonds. The lowest BCUT2D eigenvalue weighted by atomic mass is 9.89. The van der Waals surface area contributed by atoms with Crippen molar-refractivity contribution >= 4 is 29.9 Å². The second-order valence-corrected chi connectivity index (χ2v) is 6.75. The van der Waals surface area contributed by atoms with Gasteiger partial charge in [0.2, 0.25) is 11.8 Å². The number of fused-ring (bicyclic) bond motifs is 3. The van der Waals surface area contributed by atoms with Crippen molar-refractivity contribution in [2.75, 3.05) is 18.4 Å². The van der Waals surface area contributed by atoms with Crippen LogP contribution in [0.4, 0.5) is 10.1 Å². The fraction of sp³-hybridized carbons (Fsp3) is 0.529. The van der Waals surface area contributed by atoms with Gasteiger partial charge in [0.1, 0.15) is 5.82 Å². The molecule has 1 aromatic rings. The first-order valence-corrected chi connectivity index (χ1v) is 8.24. The van der Waals surface area contributed by atoms with E-state index in [1.165, 1.54) is 18.6 Å². The number of halogens is 2. The van der Waals surface area contributed by atoms with E-state index in [9.17, 15) is 14.0 Å². The molecule has 3 unspecified atom stereocenters. The molecule has 7 heteroatoms. The summed E-state index contributed by atoms with van der Waals surface area (Å²) < 4.78 is 13.4. The number of hydrogen-bond acceptors (Lipinski definition) is 3. The van der Waals surface area contributed by atoms with Crippen molar-refractivity contribution in [1.82, 2.24) is 10.2 Å². The maximum Gasteiger partial charge on any atom is 0.230 e. The first kappa shape index (κ1) is 17.2. The molecule has 0 saturated carbocycles. The molecule has 4 rings (SSSR count). The van der Waals surface area contributed by atoms with Gasteiger partial charge >= 0.3 is 0 Å². The molecule has 3 atom stereocenters. The Morgan fingerprint density at radius 3 is 2.83 bits per heavy atom. The first-order valence-electron chi connectivity index (χ1n) is 8.24. The van der Waals surface area contributed by atoms with Crippen LogP contribution in [0.3, 0.4) is 0 Å². The number of hydrogen-bond donors (Lipinski definition) is 2. The highest BCUT2D eigenvalue weighted by atomic mass is 35.5. The molecule has 2 saturated heterocycles. The van der Waals surface area contributed by atoms with Crippen LogP contribution in [-0.4, -0.2) is 41.9 Å². The van der Waals surface area contributed by atoms with Gasteiger partial charge in [-0.3, -0.25) is 9.59 Å². The number of amides is 2. The molecule has 5 nitrogen and oxygen atoms in total. The second kappa shape index (κ2) is 6.69. The zero-order chi connectivity index (χ0) is 16.0. The third kappa shape index (κ3) is 3.13. The third-order valence-electron chi connectivity index (χ3n) is 5.19. The van der Waals surface area contributed by atoms with E-state index in [1.807, 2.05) is 4.90 Å². The summed E-state index contributed by atoms with van der Waals surface area (Å²) in [5.74, 6) is -1.15. The van der Waals surface area contributed by atoms with Gasteiger partial charge < -0.3 is 15.5 Å². The molecule has 130 valence electrons. The highest BCUT2D eigenvalue weighted by Gasteiger charge is 2.37. The van der Waals surface area contributed by atoms with Gasteiger partial charge in [-0.2, -0.15) is 0 Å². The Balaban J connectivity index is 0.00000169. The van der Waals surface area contributed by atoms with Crippen LogP contribution in [0.15, 0.2) is 18.2 Å². The van der Waals surface area contributed by atoms with Crippen molar-refractivity contribution in [3.63, 3.8) is 0 Å². The Morgan fingerprint density at radius 2 is 2.00 bits per heavy atom. The summed E-state index contributed by atoms with van der Waals surface area (Å²) in [5.41, 5.74) is 1.15. The Bertz CT molecular complexity index is 669. The van der Waals surface area contributed by atoms with Crippen LogP contribution in [0.1, 0.15) is 37.2 Å². The molecule has 0 spiro atoms. The number of nitrogens with zero attached hydrogens (tertiary/aromatic N) is 1. The van der Waals surface area contributed by atoms with Crippen molar-refractivity contribution < 1.29 is 14.0 Å². The molecular formula is C17H21ClFN3O2. The van der Waals surface area contributed by atoms with E-state index in [0.29, 0.717) is 24.3 Å². The molecular weight excluding hydrogens is 333 g/mol. The van der Waals surface area contributed by atoms with E-state index in [1.54, 1.807) is 6.07 Å². The number of rotatable bonds is 1. The maximum absolute atomic E-state index is 13.4. The Kier molecular flexibility index (Phi) is 4.78. The first-order chi connectivity index (χ1) is 11.1. The fourth-order valence-corrected chi connectivity index (χ4v) is 4.02. The normalized spacial score (nSPS) is 28.5. The monoisotopic (exact) mass is 353 g/mol. The highest BCUT2D eigenvalue weighted by Crippen LogP contribution is 2.34. The smallest absolute Gasteiger partial charge is 0.230 e. The summed E-state index contributed by atoms with van der Waals surface area (Å²) >= 11 is 0.